The lowest BCUT2D eigenvalue weighted by Crippen LogP contribution is -2.40. The van der Waals surface area contributed by atoms with Gasteiger partial charge in [0.25, 0.3) is 0 Å². The van der Waals surface area contributed by atoms with E-state index in [1.54, 1.807) is 25.3 Å². The van der Waals surface area contributed by atoms with Crippen LogP contribution in [0.15, 0.2) is 24.3 Å². The highest BCUT2D eigenvalue weighted by Crippen LogP contribution is 2.16. The fraction of sp³-hybridized carbons (Fsp3) is 0.364. The summed E-state index contributed by atoms with van der Waals surface area (Å²) >= 11 is 0. The molecule has 1 atom stereocenters. The zero-order chi connectivity index (χ0) is 12.0. The van der Waals surface area contributed by atoms with Crippen LogP contribution in [0.4, 0.5) is 10.5 Å². The maximum absolute atomic E-state index is 11.5. The first-order chi connectivity index (χ1) is 7.65. The zero-order valence-corrected chi connectivity index (χ0v) is 9.49. The smallest absolute Gasteiger partial charge is 0.319 e. The Morgan fingerprint density at radius 2 is 2.31 bits per heavy atom. The van der Waals surface area contributed by atoms with E-state index in [0.29, 0.717) is 18.0 Å². The van der Waals surface area contributed by atoms with Crippen LogP contribution < -0.4 is 21.1 Å². The Bertz CT molecular complexity index is 355. The predicted molar refractivity (Wildman–Crippen MR) is 63.7 cm³/mol. The summed E-state index contributed by atoms with van der Waals surface area (Å²) in [5.41, 5.74) is 6.08. The second-order valence-electron chi connectivity index (χ2n) is 3.47. The van der Waals surface area contributed by atoms with Crippen molar-refractivity contribution in [2.75, 3.05) is 19.0 Å². The number of benzene rings is 1. The van der Waals surface area contributed by atoms with E-state index in [4.69, 9.17) is 10.5 Å². The number of urea groups is 1. The van der Waals surface area contributed by atoms with Gasteiger partial charge in [0, 0.05) is 24.3 Å². The fourth-order valence-electron chi connectivity index (χ4n) is 1.15. The predicted octanol–water partition coefficient (Wildman–Crippen LogP) is 1.16. The van der Waals surface area contributed by atoms with Gasteiger partial charge in [-0.3, -0.25) is 0 Å². The van der Waals surface area contributed by atoms with Gasteiger partial charge in [-0.05, 0) is 19.1 Å². The monoisotopic (exact) mass is 223 g/mol. The summed E-state index contributed by atoms with van der Waals surface area (Å²) < 4.78 is 5.05. The number of carbonyl (C=O) groups excluding carboxylic acids is 1. The van der Waals surface area contributed by atoms with E-state index in [2.05, 4.69) is 10.6 Å². The molecule has 16 heavy (non-hydrogen) atoms. The van der Waals surface area contributed by atoms with Crippen molar-refractivity contribution in [3.63, 3.8) is 0 Å². The second-order valence-corrected chi connectivity index (χ2v) is 3.47. The number of rotatable bonds is 4. The van der Waals surface area contributed by atoms with Crippen LogP contribution in [0.1, 0.15) is 6.92 Å². The fourth-order valence-corrected chi connectivity index (χ4v) is 1.15. The van der Waals surface area contributed by atoms with Gasteiger partial charge in [-0.25, -0.2) is 4.79 Å². The van der Waals surface area contributed by atoms with Gasteiger partial charge in [-0.2, -0.15) is 0 Å². The average molecular weight is 223 g/mol. The summed E-state index contributed by atoms with van der Waals surface area (Å²) in [7, 11) is 1.58. The minimum Gasteiger partial charge on any atom is -0.497 e. The van der Waals surface area contributed by atoms with E-state index in [1.165, 1.54) is 0 Å². The Balaban J connectivity index is 2.55. The highest BCUT2D eigenvalue weighted by atomic mass is 16.5. The normalized spacial score (nSPS) is 11.7. The summed E-state index contributed by atoms with van der Waals surface area (Å²) in [4.78, 5) is 11.5. The third kappa shape index (κ3) is 3.78. The van der Waals surface area contributed by atoms with Crippen molar-refractivity contribution >= 4 is 11.7 Å². The Kier molecular flexibility index (Phi) is 4.60. The topological polar surface area (TPSA) is 76.4 Å². The molecule has 1 aromatic carbocycles. The molecule has 0 saturated heterocycles. The first-order valence-electron chi connectivity index (χ1n) is 5.07. The van der Waals surface area contributed by atoms with E-state index in [0.717, 1.165) is 0 Å². The first-order valence-corrected chi connectivity index (χ1v) is 5.07. The Morgan fingerprint density at radius 3 is 2.94 bits per heavy atom. The Morgan fingerprint density at radius 1 is 1.56 bits per heavy atom. The minimum atomic E-state index is -0.272. The molecule has 0 aliphatic carbocycles. The number of amides is 2. The molecule has 5 nitrogen and oxygen atoms in total. The van der Waals surface area contributed by atoms with Crippen LogP contribution in [0.25, 0.3) is 0 Å². The van der Waals surface area contributed by atoms with Gasteiger partial charge in [0.1, 0.15) is 5.75 Å². The number of hydrogen-bond acceptors (Lipinski definition) is 3. The van der Waals surface area contributed by atoms with E-state index < -0.39 is 0 Å². The average Bonchev–Trinajstić information content (AvgIpc) is 2.28. The van der Waals surface area contributed by atoms with Crippen LogP contribution in [0, 0.1) is 0 Å². The van der Waals surface area contributed by atoms with Crippen molar-refractivity contribution in [3.8, 4) is 5.75 Å². The highest BCUT2D eigenvalue weighted by molar-refractivity contribution is 5.89. The molecule has 0 aromatic heterocycles. The molecular weight excluding hydrogens is 206 g/mol. The highest BCUT2D eigenvalue weighted by Gasteiger charge is 2.05. The summed E-state index contributed by atoms with van der Waals surface area (Å²) in [5.74, 6) is 0.699. The molecule has 4 N–H and O–H groups in total. The van der Waals surface area contributed by atoms with Crippen molar-refractivity contribution in [3.05, 3.63) is 24.3 Å². The molecule has 1 rings (SSSR count). The third-order valence-corrected chi connectivity index (χ3v) is 2.06. The van der Waals surface area contributed by atoms with Gasteiger partial charge >= 0.3 is 6.03 Å². The second kappa shape index (κ2) is 5.97. The number of ether oxygens (including phenoxy) is 1. The molecule has 0 spiro atoms. The molecule has 1 aromatic rings. The molecule has 0 fully saturated rings. The molecule has 0 aliphatic heterocycles. The summed E-state index contributed by atoms with van der Waals surface area (Å²) in [6.07, 6.45) is 0. The lowest BCUT2D eigenvalue weighted by molar-refractivity contribution is 0.249. The van der Waals surface area contributed by atoms with Crippen molar-refractivity contribution < 1.29 is 9.53 Å². The van der Waals surface area contributed by atoms with Crippen molar-refractivity contribution in [2.45, 2.75) is 13.0 Å². The number of anilines is 1. The van der Waals surface area contributed by atoms with E-state index in [1.807, 2.05) is 13.0 Å². The van der Waals surface area contributed by atoms with E-state index in [9.17, 15) is 4.79 Å². The van der Waals surface area contributed by atoms with Gasteiger partial charge < -0.3 is 21.1 Å². The standard InChI is InChI=1S/C11H17N3O2/c1-8(7-12)13-11(15)14-9-4-3-5-10(6-9)16-2/h3-6,8H,7,12H2,1-2H3,(H2,13,14,15)/t8-/m1/s1. The van der Waals surface area contributed by atoms with Crippen LogP contribution in [0.3, 0.4) is 0 Å². The maximum Gasteiger partial charge on any atom is 0.319 e. The first kappa shape index (κ1) is 12.3. The number of hydrogen-bond donors (Lipinski definition) is 3. The summed E-state index contributed by atoms with van der Waals surface area (Å²) in [6, 6.07) is 6.82. The lowest BCUT2D eigenvalue weighted by atomic mass is 10.3. The number of methoxy groups -OCH3 is 1. The SMILES string of the molecule is COc1cccc(NC(=O)N[C@H](C)CN)c1. The van der Waals surface area contributed by atoms with Crippen molar-refractivity contribution in [1.82, 2.24) is 5.32 Å². The molecule has 0 heterocycles. The Labute approximate surface area is 95.0 Å². The molecule has 88 valence electrons. The largest absolute Gasteiger partial charge is 0.497 e. The van der Waals surface area contributed by atoms with Crippen LogP contribution in [-0.4, -0.2) is 25.7 Å². The van der Waals surface area contributed by atoms with Crippen LogP contribution in [-0.2, 0) is 0 Å². The lowest BCUT2D eigenvalue weighted by Gasteiger charge is -2.12. The molecule has 0 bridgehead atoms. The van der Waals surface area contributed by atoms with E-state index in [-0.39, 0.29) is 12.1 Å². The molecule has 0 unspecified atom stereocenters. The van der Waals surface area contributed by atoms with Crippen molar-refractivity contribution in [1.29, 1.82) is 0 Å². The zero-order valence-electron chi connectivity index (χ0n) is 9.49. The number of carbonyl (C=O) groups is 1. The number of nitrogens with two attached hydrogens (primary N) is 1. The van der Waals surface area contributed by atoms with Crippen LogP contribution in [0.5, 0.6) is 5.75 Å². The Hall–Kier alpha value is -1.75. The van der Waals surface area contributed by atoms with Crippen molar-refractivity contribution in [2.24, 2.45) is 5.73 Å². The number of nitrogens with one attached hydrogen (secondary N) is 2. The maximum atomic E-state index is 11.5. The van der Waals surface area contributed by atoms with Gasteiger partial charge in [0.2, 0.25) is 0 Å². The molecule has 2 amide bonds. The minimum absolute atomic E-state index is 0.0504. The quantitative estimate of drug-likeness (QED) is 0.717. The molecule has 5 heteroatoms. The van der Waals surface area contributed by atoms with Crippen LogP contribution in [0.2, 0.25) is 0 Å². The molecular formula is C11H17N3O2. The van der Waals surface area contributed by atoms with Gasteiger partial charge in [-0.15, -0.1) is 0 Å². The van der Waals surface area contributed by atoms with Gasteiger partial charge in [-0.1, -0.05) is 6.07 Å². The third-order valence-electron chi connectivity index (χ3n) is 2.06. The molecule has 0 aliphatic rings. The van der Waals surface area contributed by atoms with E-state index >= 15 is 0 Å². The van der Waals surface area contributed by atoms with Crippen LogP contribution >= 0.6 is 0 Å². The van der Waals surface area contributed by atoms with Gasteiger partial charge in [0.15, 0.2) is 0 Å². The molecule has 0 radical (unpaired) electrons. The summed E-state index contributed by atoms with van der Waals surface area (Å²) in [6.45, 7) is 2.25. The summed E-state index contributed by atoms with van der Waals surface area (Å²) in [5, 5.41) is 5.40. The molecule has 0 saturated carbocycles. The van der Waals surface area contributed by atoms with Gasteiger partial charge in [0.05, 0.1) is 7.11 Å².